The number of rotatable bonds is 3. The van der Waals surface area contributed by atoms with Gasteiger partial charge in [-0.25, -0.2) is 0 Å². The summed E-state index contributed by atoms with van der Waals surface area (Å²) < 4.78 is 0. The Hall–Kier alpha value is -1.09. The molecule has 0 radical (unpaired) electrons. The first-order valence-corrected chi connectivity index (χ1v) is 6.88. The van der Waals surface area contributed by atoms with Crippen LogP contribution in [0.25, 0.3) is 0 Å². The summed E-state index contributed by atoms with van der Waals surface area (Å²) in [5.41, 5.74) is 2.80. The van der Waals surface area contributed by atoms with Gasteiger partial charge in [0.1, 0.15) is 0 Å². The topological polar surface area (TPSA) is 28.2 Å². The fourth-order valence-corrected chi connectivity index (χ4v) is 2.38. The first-order valence-electron chi connectivity index (χ1n) is 6.88. The number of anilines is 1. The van der Waals surface area contributed by atoms with Gasteiger partial charge in [0, 0.05) is 48.8 Å². The molecule has 1 atom stereocenters. The quantitative estimate of drug-likeness (QED) is 0.890. The van der Waals surface area contributed by atoms with Crippen molar-refractivity contribution in [3.8, 4) is 0 Å². The van der Waals surface area contributed by atoms with Crippen LogP contribution in [0.5, 0.6) is 0 Å². The molecule has 1 aromatic rings. The van der Waals surface area contributed by atoms with Crippen LogP contribution < -0.4 is 10.2 Å². The van der Waals surface area contributed by atoms with Crippen LogP contribution in [0.4, 0.5) is 5.69 Å². The summed E-state index contributed by atoms with van der Waals surface area (Å²) in [5.74, 6) is 0.807. The van der Waals surface area contributed by atoms with E-state index in [0.717, 1.165) is 12.5 Å². The van der Waals surface area contributed by atoms with Crippen LogP contribution in [-0.2, 0) is 6.54 Å². The largest absolute Gasteiger partial charge is 0.371 e. The molecule has 100 valence electrons. The molecule has 2 heterocycles. The normalized spacial score (nSPS) is 20.4. The summed E-state index contributed by atoms with van der Waals surface area (Å²) in [4.78, 5) is 6.76. The van der Waals surface area contributed by atoms with Crippen molar-refractivity contribution in [2.24, 2.45) is 5.92 Å². The Morgan fingerprint density at radius 2 is 2.22 bits per heavy atom. The number of nitrogens with zero attached hydrogens (tertiary/aromatic N) is 2. The van der Waals surface area contributed by atoms with E-state index < -0.39 is 0 Å². The third kappa shape index (κ3) is 3.45. The van der Waals surface area contributed by atoms with Gasteiger partial charge in [-0.15, -0.1) is 0 Å². The molecular formula is C15H25N3. The van der Waals surface area contributed by atoms with Gasteiger partial charge in [0.2, 0.25) is 0 Å². The first-order chi connectivity index (χ1) is 8.46. The van der Waals surface area contributed by atoms with E-state index in [1.54, 1.807) is 0 Å². The molecule has 0 saturated carbocycles. The van der Waals surface area contributed by atoms with Crippen molar-refractivity contribution in [2.75, 3.05) is 18.0 Å². The second-order valence-corrected chi connectivity index (χ2v) is 6.45. The van der Waals surface area contributed by atoms with Gasteiger partial charge < -0.3 is 10.2 Å². The predicted octanol–water partition coefficient (Wildman–Crippen LogP) is 2.82. The molecule has 3 nitrogen and oxygen atoms in total. The molecule has 0 aromatic carbocycles. The molecule has 2 rings (SSSR count). The zero-order valence-corrected chi connectivity index (χ0v) is 12.0. The molecule has 1 aliphatic heterocycles. The smallest absolute Gasteiger partial charge is 0.0442 e. The molecule has 18 heavy (non-hydrogen) atoms. The summed E-state index contributed by atoms with van der Waals surface area (Å²) in [7, 11) is 0. The number of nitrogens with one attached hydrogen (secondary N) is 1. The number of hydrogen-bond donors (Lipinski definition) is 1. The lowest BCUT2D eigenvalue weighted by Gasteiger charge is -2.25. The molecule has 1 unspecified atom stereocenters. The zero-order valence-electron chi connectivity index (χ0n) is 12.0. The number of pyridine rings is 1. The highest BCUT2D eigenvalue weighted by Crippen LogP contribution is 2.26. The second kappa shape index (κ2) is 5.27. The SMILES string of the molecule is CC1CCN(c2ccncc2CNC(C)(C)C)C1. The van der Waals surface area contributed by atoms with Crippen molar-refractivity contribution in [3.63, 3.8) is 0 Å². The van der Waals surface area contributed by atoms with Gasteiger partial charge in [-0.1, -0.05) is 6.92 Å². The fraction of sp³-hybridized carbons (Fsp3) is 0.667. The van der Waals surface area contributed by atoms with Crippen molar-refractivity contribution in [2.45, 2.75) is 46.2 Å². The van der Waals surface area contributed by atoms with E-state index in [9.17, 15) is 0 Å². The minimum Gasteiger partial charge on any atom is -0.371 e. The Balaban J connectivity index is 2.10. The van der Waals surface area contributed by atoms with Gasteiger partial charge in [-0.2, -0.15) is 0 Å². The fourth-order valence-electron chi connectivity index (χ4n) is 2.38. The summed E-state index contributed by atoms with van der Waals surface area (Å²) in [6.45, 7) is 12.1. The Bertz CT molecular complexity index is 395. The minimum atomic E-state index is 0.144. The van der Waals surface area contributed by atoms with Gasteiger partial charge >= 0.3 is 0 Å². The summed E-state index contributed by atoms with van der Waals surface area (Å²) in [6.07, 6.45) is 5.20. The molecule has 1 N–H and O–H groups in total. The molecule has 0 bridgehead atoms. The summed E-state index contributed by atoms with van der Waals surface area (Å²) in [5, 5.41) is 3.55. The molecule has 1 fully saturated rings. The highest BCUT2D eigenvalue weighted by atomic mass is 15.2. The van der Waals surface area contributed by atoms with E-state index in [1.807, 2.05) is 12.4 Å². The zero-order chi connectivity index (χ0) is 13.2. The van der Waals surface area contributed by atoms with E-state index in [-0.39, 0.29) is 5.54 Å². The third-order valence-corrected chi connectivity index (χ3v) is 3.45. The lowest BCUT2D eigenvalue weighted by molar-refractivity contribution is 0.424. The van der Waals surface area contributed by atoms with E-state index in [4.69, 9.17) is 0 Å². The lowest BCUT2D eigenvalue weighted by Crippen LogP contribution is -2.35. The van der Waals surface area contributed by atoms with E-state index in [1.165, 1.54) is 30.8 Å². The van der Waals surface area contributed by atoms with Gasteiger partial charge in [0.25, 0.3) is 0 Å². The van der Waals surface area contributed by atoms with Gasteiger partial charge in [-0.3, -0.25) is 4.98 Å². The Morgan fingerprint density at radius 1 is 1.44 bits per heavy atom. The monoisotopic (exact) mass is 247 g/mol. The molecule has 0 spiro atoms. The van der Waals surface area contributed by atoms with Crippen molar-refractivity contribution in [1.82, 2.24) is 10.3 Å². The summed E-state index contributed by atoms with van der Waals surface area (Å²) >= 11 is 0. The standard InChI is InChI=1S/C15H25N3/c1-12-6-8-18(11-12)14-5-7-16-9-13(14)10-17-15(2,3)4/h5,7,9,12,17H,6,8,10-11H2,1-4H3. The molecule has 1 aliphatic rings. The van der Waals surface area contributed by atoms with Crippen molar-refractivity contribution in [3.05, 3.63) is 24.0 Å². The van der Waals surface area contributed by atoms with E-state index in [0.29, 0.717) is 0 Å². The van der Waals surface area contributed by atoms with Crippen LogP contribution in [0.3, 0.4) is 0 Å². The average molecular weight is 247 g/mol. The number of aromatic nitrogens is 1. The van der Waals surface area contributed by atoms with Crippen molar-refractivity contribution in [1.29, 1.82) is 0 Å². The predicted molar refractivity (Wildman–Crippen MR) is 76.8 cm³/mol. The molecule has 3 heteroatoms. The molecule has 1 aromatic heterocycles. The van der Waals surface area contributed by atoms with Crippen LogP contribution >= 0.6 is 0 Å². The lowest BCUT2D eigenvalue weighted by atomic mass is 10.1. The molecule has 1 saturated heterocycles. The second-order valence-electron chi connectivity index (χ2n) is 6.45. The Morgan fingerprint density at radius 3 is 2.83 bits per heavy atom. The first kappa shape index (κ1) is 13.3. The Labute approximate surface area is 111 Å². The van der Waals surface area contributed by atoms with Crippen LogP contribution in [0.2, 0.25) is 0 Å². The average Bonchev–Trinajstić information content (AvgIpc) is 2.72. The molecule has 0 aliphatic carbocycles. The van der Waals surface area contributed by atoms with Crippen LogP contribution in [0.1, 0.15) is 39.7 Å². The van der Waals surface area contributed by atoms with Crippen LogP contribution in [0.15, 0.2) is 18.5 Å². The van der Waals surface area contributed by atoms with Crippen LogP contribution in [0, 0.1) is 5.92 Å². The highest BCUT2D eigenvalue weighted by molar-refractivity contribution is 5.53. The summed E-state index contributed by atoms with van der Waals surface area (Å²) in [6, 6.07) is 2.15. The third-order valence-electron chi connectivity index (χ3n) is 3.45. The van der Waals surface area contributed by atoms with Crippen molar-refractivity contribution < 1.29 is 0 Å². The molecular weight excluding hydrogens is 222 g/mol. The number of hydrogen-bond acceptors (Lipinski definition) is 3. The maximum Gasteiger partial charge on any atom is 0.0442 e. The van der Waals surface area contributed by atoms with Gasteiger partial charge in [0.05, 0.1) is 0 Å². The maximum absolute atomic E-state index is 4.27. The molecule has 0 amide bonds. The maximum atomic E-state index is 4.27. The van der Waals surface area contributed by atoms with Gasteiger partial charge in [0.15, 0.2) is 0 Å². The van der Waals surface area contributed by atoms with E-state index >= 15 is 0 Å². The van der Waals surface area contributed by atoms with Crippen LogP contribution in [-0.4, -0.2) is 23.6 Å². The van der Waals surface area contributed by atoms with Gasteiger partial charge in [-0.05, 0) is 39.2 Å². The van der Waals surface area contributed by atoms with Crippen molar-refractivity contribution >= 4 is 5.69 Å². The Kier molecular flexibility index (Phi) is 3.91. The minimum absolute atomic E-state index is 0.144. The highest BCUT2D eigenvalue weighted by Gasteiger charge is 2.21. The van der Waals surface area contributed by atoms with E-state index in [2.05, 4.69) is 49.0 Å².